The van der Waals surface area contributed by atoms with Crippen molar-refractivity contribution in [1.29, 1.82) is 0 Å². The van der Waals surface area contributed by atoms with Gasteiger partial charge in [0, 0.05) is 5.69 Å². The van der Waals surface area contributed by atoms with Crippen molar-refractivity contribution in [3.8, 4) is 0 Å². The number of aryl methyl sites for hydroxylation is 1. The number of thiazole rings is 1. The zero-order valence-corrected chi connectivity index (χ0v) is 15.1. The van der Waals surface area contributed by atoms with Crippen LogP contribution >= 0.6 is 23.6 Å². The SMILES string of the molecule is CCc1nc2ccc(NC(=S)N[C@@H](C)c3ccc(F)cc3)cc2s1. The van der Waals surface area contributed by atoms with Crippen LogP contribution in [0.15, 0.2) is 42.5 Å². The number of nitrogens with one attached hydrogen (secondary N) is 2. The van der Waals surface area contributed by atoms with Crippen LogP contribution in [-0.2, 0) is 6.42 Å². The Labute approximate surface area is 149 Å². The van der Waals surface area contributed by atoms with Crippen LogP contribution in [0.4, 0.5) is 10.1 Å². The molecule has 0 aliphatic rings. The molecule has 3 nitrogen and oxygen atoms in total. The molecule has 0 unspecified atom stereocenters. The third kappa shape index (κ3) is 3.88. The fourth-order valence-corrected chi connectivity index (χ4v) is 3.64. The highest BCUT2D eigenvalue weighted by atomic mass is 32.1. The molecule has 0 spiro atoms. The summed E-state index contributed by atoms with van der Waals surface area (Å²) >= 11 is 7.08. The average molecular weight is 359 g/mol. The van der Waals surface area contributed by atoms with Gasteiger partial charge in [0.2, 0.25) is 0 Å². The van der Waals surface area contributed by atoms with Gasteiger partial charge in [-0.3, -0.25) is 0 Å². The van der Waals surface area contributed by atoms with Crippen molar-refractivity contribution in [2.75, 3.05) is 5.32 Å². The molecule has 0 fully saturated rings. The van der Waals surface area contributed by atoms with E-state index in [1.165, 1.54) is 12.1 Å². The molecular weight excluding hydrogens is 341 g/mol. The number of nitrogens with zero attached hydrogens (tertiary/aromatic N) is 1. The first kappa shape index (κ1) is 16.8. The zero-order valence-electron chi connectivity index (χ0n) is 13.5. The molecule has 0 aliphatic heterocycles. The van der Waals surface area contributed by atoms with Gasteiger partial charge in [0.1, 0.15) is 5.82 Å². The second-order valence-corrected chi connectivity index (χ2v) is 7.04. The lowest BCUT2D eigenvalue weighted by Gasteiger charge is -2.17. The molecule has 0 radical (unpaired) electrons. The maximum atomic E-state index is 13.0. The molecule has 3 aromatic rings. The molecule has 2 N–H and O–H groups in total. The Hall–Kier alpha value is -2.05. The molecule has 3 rings (SSSR count). The summed E-state index contributed by atoms with van der Waals surface area (Å²) in [4.78, 5) is 4.56. The topological polar surface area (TPSA) is 37.0 Å². The fourth-order valence-electron chi connectivity index (χ4n) is 2.40. The van der Waals surface area contributed by atoms with Crippen LogP contribution in [0.3, 0.4) is 0 Å². The van der Waals surface area contributed by atoms with Crippen molar-refractivity contribution in [2.45, 2.75) is 26.3 Å². The van der Waals surface area contributed by atoms with Gasteiger partial charge in [-0.05, 0) is 61.5 Å². The van der Waals surface area contributed by atoms with E-state index >= 15 is 0 Å². The number of rotatable bonds is 4. The highest BCUT2D eigenvalue weighted by molar-refractivity contribution is 7.80. The predicted molar refractivity (Wildman–Crippen MR) is 103 cm³/mol. The van der Waals surface area contributed by atoms with Crippen molar-refractivity contribution in [3.63, 3.8) is 0 Å². The Morgan fingerprint density at radius 2 is 2.00 bits per heavy atom. The van der Waals surface area contributed by atoms with E-state index in [2.05, 4.69) is 28.6 Å². The molecule has 1 atom stereocenters. The van der Waals surface area contributed by atoms with Crippen molar-refractivity contribution < 1.29 is 4.39 Å². The molecule has 0 amide bonds. The van der Waals surface area contributed by atoms with Crippen LogP contribution in [0.2, 0.25) is 0 Å². The van der Waals surface area contributed by atoms with Crippen molar-refractivity contribution in [3.05, 3.63) is 58.9 Å². The molecular formula is C18H18FN3S2. The van der Waals surface area contributed by atoms with E-state index in [0.29, 0.717) is 5.11 Å². The summed E-state index contributed by atoms with van der Waals surface area (Å²) in [5, 5.41) is 8.08. The number of fused-ring (bicyclic) bond motifs is 1. The molecule has 1 heterocycles. The third-order valence-electron chi connectivity index (χ3n) is 3.71. The number of benzene rings is 2. The Balaban J connectivity index is 1.66. The Kier molecular flexibility index (Phi) is 5.06. The van der Waals surface area contributed by atoms with E-state index in [1.54, 1.807) is 23.5 Å². The molecule has 124 valence electrons. The lowest BCUT2D eigenvalue weighted by molar-refractivity contribution is 0.624. The van der Waals surface area contributed by atoms with E-state index in [-0.39, 0.29) is 11.9 Å². The van der Waals surface area contributed by atoms with Crippen LogP contribution in [0, 0.1) is 5.82 Å². The Morgan fingerprint density at radius 1 is 1.25 bits per heavy atom. The maximum Gasteiger partial charge on any atom is 0.171 e. The summed E-state index contributed by atoms with van der Waals surface area (Å²) in [6, 6.07) is 12.4. The lowest BCUT2D eigenvalue weighted by Crippen LogP contribution is -2.30. The quantitative estimate of drug-likeness (QED) is 0.640. The minimum absolute atomic E-state index is 0.00979. The van der Waals surface area contributed by atoms with Gasteiger partial charge in [-0.15, -0.1) is 11.3 Å². The highest BCUT2D eigenvalue weighted by Gasteiger charge is 2.08. The van der Waals surface area contributed by atoms with Crippen LogP contribution in [-0.4, -0.2) is 10.1 Å². The summed E-state index contributed by atoms with van der Waals surface area (Å²) in [5.74, 6) is -0.240. The first-order valence-corrected chi connectivity index (χ1v) is 9.00. The second-order valence-electron chi connectivity index (χ2n) is 5.52. The standard InChI is InChI=1S/C18H18FN3S2/c1-3-17-22-15-9-8-14(10-16(15)24-17)21-18(23)20-11(2)12-4-6-13(19)7-5-12/h4-11H,3H2,1-2H3,(H2,20,21,23)/t11-/m0/s1. The van der Waals surface area contributed by atoms with Gasteiger partial charge in [-0.1, -0.05) is 19.1 Å². The molecule has 24 heavy (non-hydrogen) atoms. The minimum atomic E-state index is -0.240. The van der Waals surface area contributed by atoms with Gasteiger partial charge in [-0.25, -0.2) is 9.37 Å². The number of aromatic nitrogens is 1. The highest BCUT2D eigenvalue weighted by Crippen LogP contribution is 2.25. The van der Waals surface area contributed by atoms with Crippen LogP contribution < -0.4 is 10.6 Å². The Bertz CT molecular complexity index is 858. The average Bonchev–Trinajstić information content (AvgIpc) is 2.97. The number of hydrogen-bond acceptors (Lipinski definition) is 3. The number of halogens is 1. The number of thiocarbonyl (C=S) groups is 1. The van der Waals surface area contributed by atoms with Crippen LogP contribution in [0.1, 0.15) is 30.5 Å². The lowest BCUT2D eigenvalue weighted by atomic mass is 10.1. The molecule has 0 aliphatic carbocycles. The number of hydrogen-bond donors (Lipinski definition) is 2. The van der Waals surface area contributed by atoms with Gasteiger partial charge in [0.05, 0.1) is 21.3 Å². The first-order chi connectivity index (χ1) is 11.5. The van der Waals surface area contributed by atoms with Crippen molar-refractivity contribution in [2.24, 2.45) is 0 Å². The molecule has 2 aromatic carbocycles. The van der Waals surface area contributed by atoms with Crippen LogP contribution in [0.25, 0.3) is 10.2 Å². The summed E-state index contributed by atoms with van der Waals surface area (Å²) < 4.78 is 14.1. The van der Waals surface area contributed by atoms with E-state index in [4.69, 9.17) is 12.2 Å². The van der Waals surface area contributed by atoms with Gasteiger partial charge < -0.3 is 10.6 Å². The largest absolute Gasteiger partial charge is 0.356 e. The number of anilines is 1. The monoisotopic (exact) mass is 359 g/mol. The van der Waals surface area contributed by atoms with E-state index in [9.17, 15) is 4.39 Å². The molecule has 1 aromatic heterocycles. The third-order valence-corrected chi connectivity index (χ3v) is 5.09. The molecule has 6 heteroatoms. The van der Waals surface area contributed by atoms with Gasteiger partial charge in [-0.2, -0.15) is 0 Å². The molecule has 0 saturated heterocycles. The second kappa shape index (κ2) is 7.23. The Morgan fingerprint density at radius 3 is 2.71 bits per heavy atom. The fraction of sp³-hybridized carbons (Fsp3) is 0.222. The van der Waals surface area contributed by atoms with Crippen LogP contribution in [0.5, 0.6) is 0 Å². The molecule has 0 bridgehead atoms. The maximum absolute atomic E-state index is 13.0. The normalized spacial score (nSPS) is 12.1. The van der Waals surface area contributed by atoms with Gasteiger partial charge >= 0.3 is 0 Å². The summed E-state index contributed by atoms with van der Waals surface area (Å²) in [6.07, 6.45) is 0.942. The first-order valence-electron chi connectivity index (χ1n) is 7.77. The van der Waals surface area contributed by atoms with E-state index in [0.717, 1.165) is 32.9 Å². The summed E-state index contributed by atoms with van der Waals surface area (Å²) in [6.45, 7) is 4.09. The van der Waals surface area contributed by atoms with Gasteiger partial charge in [0.15, 0.2) is 5.11 Å². The zero-order chi connectivity index (χ0) is 17.1. The molecule has 0 saturated carbocycles. The smallest absolute Gasteiger partial charge is 0.171 e. The van der Waals surface area contributed by atoms with E-state index < -0.39 is 0 Å². The predicted octanol–water partition coefficient (Wildman–Crippen LogP) is 5.05. The minimum Gasteiger partial charge on any atom is -0.356 e. The van der Waals surface area contributed by atoms with E-state index in [1.807, 2.05) is 19.1 Å². The van der Waals surface area contributed by atoms with Crippen molar-refractivity contribution >= 4 is 44.6 Å². The van der Waals surface area contributed by atoms with Crippen molar-refractivity contribution in [1.82, 2.24) is 10.3 Å². The van der Waals surface area contributed by atoms with Gasteiger partial charge in [0.25, 0.3) is 0 Å². The summed E-state index contributed by atoms with van der Waals surface area (Å²) in [5.41, 5.74) is 2.92. The summed E-state index contributed by atoms with van der Waals surface area (Å²) in [7, 11) is 0.